The summed E-state index contributed by atoms with van der Waals surface area (Å²) < 4.78 is 0. The minimum atomic E-state index is 0. The Bertz CT molecular complexity index is 451. The number of aryl methyl sites for hydroxylation is 2. The van der Waals surface area contributed by atoms with Crippen LogP contribution in [0.3, 0.4) is 0 Å². The summed E-state index contributed by atoms with van der Waals surface area (Å²) in [5, 5.41) is 6.63. The van der Waals surface area contributed by atoms with Crippen LogP contribution in [-0.4, -0.2) is 24.5 Å². The van der Waals surface area contributed by atoms with Crippen LogP contribution in [0.15, 0.2) is 6.07 Å². The zero-order valence-corrected chi connectivity index (χ0v) is 13.5. The summed E-state index contributed by atoms with van der Waals surface area (Å²) in [5.41, 5.74) is 1.41. The molecule has 1 saturated heterocycles. The van der Waals surface area contributed by atoms with E-state index in [0.717, 1.165) is 37.1 Å². The first-order chi connectivity index (χ1) is 9.24. The molecule has 0 spiro atoms. The molecule has 2 N–H and O–H groups in total. The number of hydrogen-bond acceptors (Lipinski definition) is 3. The number of amides is 1. The van der Waals surface area contributed by atoms with E-state index in [2.05, 4.69) is 23.6 Å². The monoisotopic (exact) mass is 314 g/mol. The maximum absolute atomic E-state index is 12.3. The van der Waals surface area contributed by atoms with Crippen LogP contribution in [0.25, 0.3) is 0 Å². The number of carbonyl (C=O) groups is 1. The number of nitrogens with one attached hydrogen (secondary N) is 2. The van der Waals surface area contributed by atoms with Crippen LogP contribution in [0.4, 0.5) is 0 Å². The third-order valence-corrected chi connectivity index (χ3v) is 5.53. The Morgan fingerprint density at radius 2 is 2.15 bits per heavy atom. The molecule has 1 amide bonds. The fourth-order valence-electron chi connectivity index (χ4n) is 3.08. The second-order valence-electron chi connectivity index (χ2n) is 5.73. The number of rotatable bonds is 2. The second kappa shape index (κ2) is 6.92. The first kappa shape index (κ1) is 15.8. The fraction of sp³-hybridized carbons (Fsp3) is 0.667. The van der Waals surface area contributed by atoms with Gasteiger partial charge >= 0.3 is 0 Å². The van der Waals surface area contributed by atoms with E-state index in [1.165, 1.54) is 23.3 Å². The highest BCUT2D eigenvalue weighted by atomic mass is 35.5. The molecule has 2 aliphatic rings. The van der Waals surface area contributed by atoms with Crippen LogP contribution in [0, 0.1) is 0 Å². The minimum absolute atomic E-state index is 0. The normalized spacial score (nSPS) is 25.4. The van der Waals surface area contributed by atoms with Crippen LogP contribution < -0.4 is 10.6 Å². The van der Waals surface area contributed by atoms with E-state index < -0.39 is 0 Å². The summed E-state index contributed by atoms with van der Waals surface area (Å²) in [5.74, 6) is 0.125. The Labute approximate surface area is 130 Å². The van der Waals surface area contributed by atoms with Gasteiger partial charge in [0, 0.05) is 17.0 Å². The molecule has 0 bridgehead atoms. The van der Waals surface area contributed by atoms with Crippen molar-refractivity contribution in [3.05, 3.63) is 21.4 Å². The molecule has 1 aliphatic carbocycles. The van der Waals surface area contributed by atoms with Crippen molar-refractivity contribution in [3.63, 3.8) is 0 Å². The lowest BCUT2D eigenvalue weighted by molar-refractivity contribution is 0.0924. The van der Waals surface area contributed by atoms with Crippen molar-refractivity contribution in [3.8, 4) is 0 Å². The number of thiophene rings is 1. The SMILES string of the molecule is CC1NCCCC1NC(=O)c1cc2c(s1)CCCC2.Cl. The summed E-state index contributed by atoms with van der Waals surface area (Å²) in [7, 11) is 0. The highest BCUT2D eigenvalue weighted by molar-refractivity contribution is 7.14. The van der Waals surface area contributed by atoms with Crippen LogP contribution in [-0.2, 0) is 12.8 Å². The molecule has 1 fully saturated rings. The van der Waals surface area contributed by atoms with Crippen LogP contribution in [0.5, 0.6) is 0 Å². The summed E-state index contributed by atoms with van der Waals surface area (Å²) in [6.45, 7) is 3.23. The zero-order valence-electron chi connectivity index (χ0n) is 11.9. The van der Waals surface area contributed by atoms with Gasteiger partial charge in [-0.3, -0.25) is 4.79 Å². The molecule has 2 unspecified atom stereocenters. The van der Waals surface area contributed by atoms with Gasteiger partial charge in [0.2, 0.25) is 0 Å². The number of hydrogen-bond donors (Lipinski definition) is 2. The number of fused-ring (bicyclic) bond motifs is 1. The Kier molecular flexibility index (Phi) is 5.47. The molecule has 3 rings (SSSR count). The Hall–Kier alpha value is -0.580. The van der Waals surface area contributed by atoms with Gasteiger partial charge in [-0.25, -0.2) is 0 Å². The molecule has 0 radical (unpaired) electrons. The highest BCUT2D eigenvalue weighted by Gasteiger charge is 2.24. The molecule has 112 valence electrons. The van der Waals surface area contributed by atoms with Crippen molar-refractivity contribution in [1.82, 2.24) is 10.6 Å². The van der Waals surface area contributed by atoms with E-state index in [1.807, 2.05) is 0 Å². The molecule has 0 saturated carbocycles. The van der Waals surface area contributed by atoms with Gasteiger partial charge in [0.05, 0.1) is 4.88 Å². The molecule has 0 aromatic carbocycles. The van der Waals surface area contributed by atoms with E-state index in [0.29, 0.717) is 6.04 Å². The summed E-state index contributed by atoms with van der Waals surface area (Å²) in [6, 6.07) is 2.78. The van der Waals surface area contributed by atoms with Crippen LogP contribution in [0.2, 0.25) is 0 Å². The summed E-state index contributed by atoms with van der Waals surface area (Å²) in [4.78, 5) is 14.7. The molecule has 5 heteroatoms. The third-order valence-electron chi connectivity index (χ3n) is 4.30. The van der Waals surface area contributed by atoms with Crippen molar-refractivity contribution in [1.29, 1.82) is 0 Å². The molecule has 3 nitrogen and oxygen atoms in total. The maximum atomic E-state index is 12.3. The van der Waals surface area contributed by atoms with Gasteiger partial charge in [-0.2, -0.15) is 0 Å². The number of piperidine rings is 1. The smallest absolute Gasteiger partial charge is 0.261 e. The van der Waals surface area contributed by atoms with Gasteiger partial charge in [0.25, 0.3) is 5.91 Å². The first-order valence-corrected chi connectivity index (χ1v) is 8.21. The van der Waals surface area contributed by atoms with Gasteiger partial charge in [-0.05, 0) is 63.6 Å². The minimum Gasteiger partial charge on any atom is -0.347 e. The van der Waals surface area contributed by atoms with Crippen LogP contribution >= 0.6 is 23.7 Å². The standard InChI is InChI=1S/C15H22N2OS.ClH/c1-10-12(6-4-8-16-10)17-15(18)14-9-11-5-2-3-7-13(11)19-14;/h9-10,12,16H,2-8H2,1H3,(H,17,18);1H. The Balaban J connectivity index is 0.00000147. The fourth-order valence-corrected chi connectivity index (χ4v) is 4.24. The molecule has 1 aromatic rings. The van der Waals surface area contributed by atoms with E-state index in [9.17, 15) is 4.79 Å². The Morgan fingerprint density at radius 1 is 1.35 bits per heavy atom. The van der Waals surface area contributed by atoms with Gasteiger partial charge in [0.1, 0.15) is 0 Å². The summed E-state index contributed by atoms with van der Waals surface area (Å²) >= 11 is 1.70. The highest BCUT2D eigenvalue weighted by Crippen LogP contribution is 2.29. The predicted octanol–water partition coefficient (Wildman–Crippen LogP) is 2.92. The third kappa shape index (κ3) is 3.35. The molecule has 1 aliphatic heterocycles. The average Bonchev–Trinajstić information content (AvgIpc) is 2.85. The molecule has 1 aromatic heterocycles. The lowest BCUT2D eigenvalue weighted by Crippen LogP contribution is -2.51. The topological polar surface area (TPSA) is 41.1 Å². The van der Waals surface area contributed by atoms with Gasteiger partial charge in [0.15, 0.2) is 0 Å². The molecular weight excluding hydrogens is 292 g/mol. The van der Waals surface area contributed by atoms with Crippen molar-refractivity contribution in [2.24, 2.45) is 0 Å². The lowest BCUT2D eigenvalue weighted by atomic mass is 9.98. The first-order valence-electron chi connectivity index (χ1n) is 7.40. The van der Waals surface area contributed by atoms with Gasteiger partial charge in [-0.1, -0.05) is 0 Å². The number of halogens is 1. The molecule has 20 heavy (non-hydrogen) atoms. The summed E-state index contributed by atoms with van der Waals surface area (Å²) in [6.07, 6.45) is 7.10. The predicted molar refractivity (Wildman–Crippen MR) is 86.2 cm³/mol. The van der Waals surface area contributed by atoms with Gasteiger partial charge in [-0.15, -0.1) is 23.7 Å². The van der Waals surface area contributed by atoms with E-state index in [4.69, 9.17) is 0 Å². The molecule has 2 atom stereocenters. The van der Waals surface area contributed by atoms with Crippen molar-refractivity contribution >= 4 is 29.7 Å². The van der Waals surface area contributed by atoms with Crippen molar-refractivity contribution < 1.29 is 4.79 Å². The van der Waals surface area contributed by atoms with Crippen molar-refractivity contribution in [2.75, 3.05) is 6.54 Å². The Morgan fingerprint density at radius 3 is 2.90 bits per heavy atom. The largest absolute Gasteiger partial charge is 0.347 e. The number of carbonyl (C=O) groups excluding carboxylic acids is 1. The quantitative estimate of drug-likeness (QED) is 0.881. The van der Waals surface area contributed by atoms with E-state index in [-0.39, 0.29) is 24.4 Å². The van der Waals surface area contributed by atoms with Crippen molar-refractivity contribution in [2.45, 2.75) is 57.5 Å². The van der Waals surface area contributed by atoms with Gasteiger partial charge < -0.3 is 10.6 Å². The van der Waals surface area contributed by atoms with Crippen LogP contribution in [0.1, 0.15) is 52.7 Å². The average molecular weight is 315 g/mol. The molecular formula is C15H23ClN2OS. The molecule has 2 heterocycles. The lowest BCUT2D eigenvalue weighted by Gasteiger charge is -2.30. The van der Waals surface area contributed by atoms with E-state index in [1.54, 1.807) is 11.3 Å². The van der Waals surface area contributed by atoms with E-state index >= 15 is 0 Å². The second-order valence-corrected chi connectivity index (χ2v) is 6.87. The zero-order chi connectivity index (χ0) is 13.2. The maximum Gasteiger partial charge on any atom is 0.261 e.